The molecular weight excluding hydrogens is 316 g/mol. The van der Waals surface area contributed by atoms with E-state index in [0.29, 0.717) is 6.54 Å². The third-order valence-electron chi connectivity index (χ3n) is 3.71. The van der Waals surface area contributed by atoms with Crippen molar-refractivity contribution in [1.82, 2.24) is 15.2 Å². The fraction of sp³-hybridized carbons (Fsp3) is 0.267. The summed E-state index contributed by atoms with van der Waals surface area (Å²) in [6.07, 6.45) is 3.32. The maximum Gasteiger partial charge on any atom is 0.433 e. The molecule has 0 radical (unpaired) electrons. The van der Waals surface area contributed by atoms with Crippen molar-refractivity contribution >= 4 is 17.7 Å². The Morgan fingerprint density at radius 1 is 1.38 bits per heavy atom. The molecule has 2 aromatic heterocycles. The number of hydrogen-bond acceptors (Lipinski definition) is 6. The molecule has 0 aliphatic carbocycles. The molecular formula is C15H14N4O5. The number of nitrogens with one attached hydrogen (secondary N) is 1. The van der Waals surface area contributed by atoms with Crippen LogP contribution in [0.4, 0.5) is 5.88 Å². The topological polar surface area (TPSA) is 119 Å². The largest absolute Gasteiger partial charge is 0.433 e. The second-order valence-corrected chi connectivity index (χ2v) is 5.38. The molecule has 0 atom stereocenters. The van der Waals surface area contributed by atoms with Gasteiger partial charge >= 0.3 is 5.88 Å². The number of likely N-dealkylation sites (tertiary alicyclic amines) is 1. The number of carbonyl (C=O) groups excluding carboxylic acids is 2. The Bertz CT molecular complexity index is 767. The number of rotatable bonds is 5. The molecule has 1 aliphatic heterocycles. The summed E-state index contributed by atoms with van der Waals surface area (Å²) in [4.78, 5) is 39.3. The molecule has 2 aromatic rings. The molecule has 24 heavy (non-hydrogen) atoms. The highest BCUT2D eigenvalue weighted by Gasteiger charge is 2.37. The first kappa shape index (κ1) is 15.7. The molecule has 3 heterocycles. The summed E-state index contributed by atoms with van der Waals surface area (Å²) in [7, 11) is 0. The van der Waals surface area contributed by atoms with Crippen LogP contribution in [0.1, 0.15) is 16.1 Å². The number of amides is 2. The number of pyridine rings is 1. The van der Waals surface area contributed by atoms with E-state index in [1.54, 1.807) is 18.5 Å². The zero-order chi connectivity index (χ0) is 17.1. The van der Waals surface area contributed by atoms with Crippen molar-refractivity contribution < 1.29 is 18.9 Å². The fourth-order valence-corrected chi connectivity index (χ4v) is 2.34. The molecule has 3 rings (SSSR count). The lowest BCUT2D eigenvalue weighted by Gasteiger charge is -2.37. The second-order valence-electron chi connectivity index (χ2n) is 5.38. The molecule has 0 saturated carbocycles. The van der Waals surface area contributed by atoms with Gasteiger partial charge in [0, 0.05) is 32.0 Å². The van der Waals surface area contributed by atoms with Crippen molar-refractivity contribution in [3.63, 3.8) is 0 Å². The van der Waals surface area contributed by atoms with Crippen molar-refractivity contribution in [2.45, 2.75) is 6.54 Å². The van der Waals surface area contributed by atoms with E-state index in [0.717, 1.165) is 11.6 Å². The van der Waals surface area contributed by atoms with Gasteiger partial charge in [0.15, 0.2) is 5.76 Å². The van der Waals surface area contributed by atoms with Crippen LogP contribution < -0.4 is 5.32 Å². The Labute approximate surface area is 136 Å². The van der Waals surface area contributed by atoms with Crippen LogP contribution in [0.5, 0.6) is 0 Å². The van der Waals surface area contributed by atoms with Crippen LogP contribution in [-0.4, -0.2) is 39.7 Å². The minimum atomic E-state index is -0.707. The quantitative estimate of drug-likeness (QED) is 0.644. The monoisotopic (exact) mass is 330 g/mol. The first-order chi connectivity index (χ1) is 11.5. The molecule has 0 aromatic carbocycles. The number of nitrogens with zero attached hydrogens (tertiary/aromatic N) is 3. The number of nitro groups is 1. The molecule has 9 nitrogen and oxygen atoms in total. The van der Waals surface area contributed by atoms with E-state index in [2.05, 4.69) is 10.3 Å². The zero-order valence-corrected chi connectivity index (χ0v) is 12.5. The highest BCUT2D eigenvalue weighted by atomic mass is 16.6. The lowest BCUT2D eigenvalue weighted by atomic mass is 9.98. The maximum absolute atomic E-state index is 12.1. The highest BCUT2D eigenvalue weighted by molar-refractivity contribution is 5.94. The Morgan fingerprint density at radius 3 is 2.79 bits per heavy atom. The van der Waals surface area contributed by atoms with Gasteiger partial charge in [-0.3, -0.25) is 24.7 Å². The van der Waals surface area contributed by atoms with E-state index >= 15 is 0 Å². The van der Waals surface area contributed by atoms with Crippen LogP contribution in [0.2, 0.25) is 0 Å². The number of furan rings is 1. The minimum Gasteiger partial charge on any atom is -0.395 e. The van der Waals surface area contributed by atoms with E-state index in [4.69, 9.17) is 4.42 Å². The molecule has 1 N–H and O–H groups in total. The number of carbonyl (C=O) groups is 2. The van der Waals surface area contributed by atoms with Gasteiger partial charge in [0.2, 0.25) is 5.91 Å². The van der Waals surface area contributed by atoms with E-state index in [1.165, 1.54) is 11.0 Å². The van der Waals surface area contributed by atoms with E-state index in [-0.39, 0.29) is 30.7 Å². The summed E-state index contributed by atoms with van der Waals surface area (Å²) in [5, 5.41) is 13.3. The molecule has 1 aliphatic rings. The summed E-state index contributed by atoms with van der Waals surface area (Å²) in [5.41, 5.74) is 0.890. The number of aromatic nitrogens is 1. The summed E-state index contributed by atoms with van der Waals surface area (Å²) in [6, 6.07) is 6.03. The van der Waals surface area contributed by atoms with Crippen LogP contribution in [0.15, 0.2) is 41.1 Å². The lowest BCUT2D eigenvalue weighted by Crippen LogP contribution is -2.55. The van der Waals surface area contributed by atoms with Gasteiger partial charge < -0.3 is 14.6 Å². The average Bonchev–Trinajstić information content (AvgIpc) is 3.02. The van der Waals surface area contributed by atoms with Crippen molar-refractivity contribution in [1.29, 1.82) is 0 Å². The Kier molecular flexibility index (Phi) is 4.23. The van der Waals surface area contributed by atoms with Gasteiger partial charge in [0.1, 0.15) is 4.92 Å². The molecule has 124 valence electrons. The SMILES string of the molecule is O=C(NCc1cccnc1)C1CN(C(=O)c2ccc([N+](=O)[O-])o2)C1. The summed E-state index contributed by atoms with van der Waals surface area (Å²) < 4.78 is 4.87. The maximum atomic E-state index is 12.1. The minimum absolute atomic E-state index is 0.101. The Morgan fingerprint density at radius 2 is 2.17 bits per heavy atom. The van der Waals surface area contributed by atoms with E-state index in [1.807, 2.05) is 6.07 Å². The molecule has 1 fully saturated rings. The third-order valence-corrected chi connectivity index (χ3v) is 3.71. The first-order valence-corrected chi connectivity index (χ1v) is 7.24. The van der Waals surface area contributed by atoms with Crippen LogP contribution in [0.3, 0.4) is 0 Å². The van der Waals surface area contributed by atoms with Crippen LogP contribution in [0.25, 0.3) is 0 Å². The summed E-state index contributed by atoms with van der Waals surface area (Å²) in [5.74, 6) is -1.48. The fourth-order valence-electron chi connectivity index (χ4n) is 2.34. The Balaban J connectivity index is 1.48. The molecule has 1 saturated heterocycles. The lowest BCUT2D eigenvalue weighted by molar-refractivity contribution is -0.402. The van der Waals surface area contributed by atoms with Crippen LogP contribution in [0, 0.1) is 16.0 Å². The van der Waals surface area contributed by atoms with Gasteiger partial charge in [-0.1, -0.05) is 6.07 Å². The molecule has 0 bridgehead atoms. The first-order valence-electron chi connectivity index (χ1n) is 7.24. The van der Waals surface area contributed by atoms with Crippen LogP contribution >= 0.6 is 0 Å². The van der Waals surface area contributed by atoms with Gasteiger partial charge in [-0.2, -0.15) is 0 Å². The predicted octanol–water partition coefficient (Wildman–Crippen LogP) is 0.971. The highest BCUT2D eigenvalue weighted by Crippen LogP contribution is 2.22. The summed E-state index contributed by atoms with van der Waals surface area (Å²) in [6.45, 7) is 0.889. The third kappa shape index (κ3) is 3.24. The normalized spacial score (nSPS) is 14.1. The molecule has 0 unspecified atom stereocenters. The van der Waals surface area contributed by atoms with Crippen molar-refractivity contribution in [3.05, 3.63) is 58.1 Å². The van der Waals surface area contributed by atoms with Crippen molar-refractivity contribution in [3.8, 4) is 0 Å². The zero-order valence-electron chi connectivity index (χ0n) is 12.5. The standard InChI is InChI=1S/C15H14N4O5/c20-14(17-7-10-2-1-5-16-6-10)11-8-18(9-11)15(21)12-3-4-13(24-12)19(22)23/h1-6,11H,7-9H2,(H,17,20). The summed E-state index contributed by atoms with van der Waals surface area (Å²) >= 11 is 0. The van der Waals surface area contributed by atoms with Gasteiger partial charge in [-0.05, 0) is 17.7 Å². The number of hydrogen-bond donors (Lipinski definition) is 1. The van der Waals surface area contributed by atoms with Gasteiger partial charge in [-0.25, -0.2) is 0 Å². The van der Waals surface area contributed by atoms with Gasteiger partial charge in [0.05, 0.1) is 12.0 Å². The smallest absolute Gasteiger partial charge is 0.395 e. The van der Waals surface area contributed by atoms with Crippen molar-refractivity contribution in [2.24, 2.45) is 5.92 Å². The van der Waals surface area contributed by atoms with Crippen molar-refractivity contribution in [2.75, 3.05) is 13.1 Å². The molecule has 9 heteroatoms. The predicted molar refractivity (Wildman–Crippen MR) is 80.8 cm³/mol. The molecule has 0 spiro atoms. The Hall–Kier alpha value is -3.23. The van der Waals surface area contributed by atoms with E-state index < -0.39 is 16.7 Å². The second kappa shape index (κ2) is 6.49. The van der Waals surface area contributed by atoms with Gasteiger partial charge in [0.25, 0.3) is 5.91 Å². The van der Waals surface area contributed by atoms with Gasteiger partial charge in [-0.15, -0.1) is 0 Å². The molecule has 2 amide bonds. The average molecular weight is 330 g/mol. The van der Waals surface area contributed by atoms with E-state index in [9.17, 15) is 19.7 Å². The van der Waals surface area contributed by atoms with Crippen LogP contribution in [-0.2, 0) is 11.3 Å².